The van der Waals surface area contributed by atoms with Crippen LogP contribution >= 0.6 is 11.6 Å². The molecule has 18 heavy (non-hydrogen) atoms. The van der Waals surface area contributed by atoms with Crippen LogP contribution in [0.3, 0.4) is 0 Å². The van der Waals surface area contributed by atoms with Crippen LogP contribution < -0.4 is 4.90 Å². The topological polar surface area (TPSA) is 46.1 Å². The SMILES string of the molecule is CN(Cc1ccccc1)c1ncnc(Cl)c1C=O. The van der Waals surface area contributed by atoms with Gasteiger partial charge in [0.05, 0.1) is 5.56 Å². The van der Waals surface area contributed by atoms with Crippen LogP contribution in [0.4, 0.5) is 5.82 Å². The molecule has 1 heterocycles. The number of hydrogen-bond donors (Lipinski definition) is 0. The van der Waals surface area contributed by atoms with E-state index in [0.717, 1.165) is 5.56 Å². The predicted octanol–water partition coefficient (Wildman–Crippen LogP) is 2.58. The summed E-state index contributed by atoms with van der Waals surface area (Å²) in [5, 5.41) is 0.176. The van der Waals surface area contributed by atoms with Gasteiger partial charge in [0.2, 0.25) is 0 Å². The van der Waals surface area contributed by atoms with Crippen molar-refractivity contribution < 1.29 is 4.79 Å². The molecular formula is C13H12ClN3O. The van der Waals surface area contributed by atoms with E-state index in [0.29, 0.717) is 24.2 Å². The van der Waals surface area contributed by atoms with Gasteiger partial charge in [0.25, 0.3) is 0 Å². The van der Waals surface area contributed by atoms with Crippen molar-refractivity contribution in [2.45, 2.75) is 6.54 Å². The van der Waals surface area contributed by atoms with E-state index in [1.165, 1.54) is 6.33 Å². The zero-order valence-electron chi connectivity index (χ0n) is 9.88. The van der Waals surface area contributed by atoms with Crippen LogP contribution in [0, 0.1) is 0 Å². The van der Waals surface area contributed by atoms with E-state index in [2.05, 4.69) is 9.97 Å². The van der Waals surface area contributed by atoms with Crippen LogP contribution in [0.25, 0.3) is 0 Å². The molecule has 0 amide bonds. The average molecular weight is 262 g/mol. The van der Waals surface area contributed by atoms with Crippen LogP contribution in [0.2, 0.25) is 5.15 Å². The number of benzene rings is 1. The van der Waals surface area contributed by atoms with E-state index in [4.69, 9.17) is 11.6 Å². The largest absolute Gasteiger partial charge is 0.355 e. The molecule has 0 spiro atoms. The lowest BCUT2D eigenvalue weighted by molar-refractivity contribution is 0.112. The molecule has 0 fully saturated rings. The summed E-state index contributed by atoms with van der Waals surface area (Å²) in [6.07, 6.45) is 2.03. The van der Waals surface area contributed by atoms with Crippen molar-refractivity contribution >= 4 is 23.7 Å². The van der Waals surface area contributed by atoms with Gasteiger partial charge in [-0.15, -0.1) is 0 Å². The lowest BCUT2D eigenvalue weighted by Crippen LogP contribution is -2.19. The Bertz CT molecular complexity index is 545. The Kier molecular flexibility index (Phi) is 3.89. The molecule has 0 aliphatic carbocycles. The van der Waals surface area contributed by atoms with Gasteiger partial charge in [0.15, 0.2) is 6.29 Å². The van der Waals surface area contributed by atoms with Crippen molar-refractivity contribution in [3.63, 3.8) is 0 Å². The fourth-order valence-corrected chi connectivity index (χ4v) is 1.88. The summed E-state index contributed by atoms with van der Waals surface area (Å²) >= 11 is 5.87. The Morgan fingerprint density at radius 2 is 2.00 bits per heavy atom. The lowest BCUT2D eigenvalue weighted by Gasteiger charge is -2.19. The zero-order valence-corrected chi connectivity index (χ0v) is 10.6. The van der Waals surface area contributed by atoms with Gasteiger partial charge in [-0.3, -0.25) is 4.79 Å². The van der Waals surface area contributed by atoms with Crippen molar-refractivity contribution in [3.8, 4) is 0 Å². The van der Waals surface area contributed by atoms with Gasteiger partial charge in [-0.2, -0.15) is 0 Å². The molecule has 0 radical (unpaired) electrons. The molecule has 2 rings (SSSR count). The van der Waals surface area contributed by atoms with Gasteiger partial charge in [0.1, 0.15) is 17.3 Å². The number of halogens is 1. The first-order chi connectivity index (χ1) is 8.72. The Labute approximate surface area is 110 Å². The summed E-state index contributed by atoms with van der Waals surface area (Å²) in [5.74, 6) is 0.536. The third kappa shape index (κ3) is 2.65. The fourth-order valence-electron chi connectivity index (χ4n) is 1.70. The van der Waals surface area contributed by atoms with Crippen molar-refractivity contribution in [2.75, 3.05) is 11.9 Å². The monoisotopic (exact) mass is 261 g/mol. The Balaban J connectivity index is 2.26. The first-order valence-corrected chi connectivity index (χ1v) is 5.81. The standard InChI is InChI=1S/C13H12ClN3O/c1-17(7-10-5-3-2-4-6-10)13-11(8-18)12(14)15-9-16-13/h2-6,8-9H,7H2,1H3. The maximum Gasteiger partial charge on any atom is 0.156 e. The lowest BCUT2D eigenvalue weighted by atomic mass is 10.2. The molecular weight excluding hydrogens is 250 g/mol. The number of hydrogen-bond acceptors (Lipinski definition) is 4. The Hall–Kier alpha value is -1.94. The summed E-state index contributed by atoms with van der Waals surface area (Å²) < 4.78 is 0. The average Bonchev–Trinajstić information content (AvgIpc) is 2.39. The molecule has 5 heteroatoms. The highest BCUT2D eigenvalue weighted by molar-refractivity contribution is 6.32. The molecule has 0 aliphatic heterocycles. The van der Waals surface area contributed by atoms with Crippen LogP contribution in [-0.4, -0.2) is 23.3 Å². The molecule has 0 atom stereocenters. The molecule has 0 unspecified atom stereocenters. The van der Waals surface area contributed by atoms with Gasteiger partial charge < -0.3 is 4.90 Å². The predicted molar refractivity (Wildman–Crippen MR) is 71.0 cm³/mol. The number of nitrogens with zero attached hydrogens (tertiary/aromatic N) is 3. The molecule has 1 aromatic heterocycles. The minimum atomic E-state index is 0.176. The summed E-state index contributed by atoms with van der Waals surface area (Å²) in [5.41, 5.74) is 1.45. The molecule has 1 aromatic carbocycles. The summed E-state index contributed by atoms with van der Waals surface area (Å²) in [7, 11) is 1.86. The minimum absolute atomic E-state index is 0.176. The second-order valence-corrected chi connectivity index (χ2v) is 4.22. The van der Waals surface area contributed by atoms with E-state index in [1.54, 1.807) is 0 Å². The number of anilines is 1. The smallest absolute Gasteiger partial charge is 0.156 e. The molecule has 92 valence electrons. The second-order valence-electron chi connectivity index (χ2n) is 3.86. The Morgan fingerprint density at radius 3 is 2.67 bits per heavy atom. The van der Waals surface area contributed by atoms with Crippen LogP contribution in [0.5, 0.6) is 0 Å². The van der Waals surface area contributed by atoms with Gasteiger partial charge >= 0.3 is 0 Å². The quantitative estimate of drug-likeness (QED) is 0.627. The molecule has 4 nitrogen and oxygen atoms in total. The number of aromatic nitrogens is 2. The van der Waals surface area contributed by atoms with E-state index >= 15 is 0 Å². The number of aldehydes is 1. The van der Waals surface area contributed by atoms with E-state index in [-0.39, 0.29) is 5.15 Å². The summed E-state index contributed by atoms with van der Waals surface area (Å²) in [6, 6.07) is 9.93. The van der Waals surface area contributed by atoms with Crippen LogP contribution in [0.15, 0.2) is 36.7 Å². The fraction of sp³-hybridized carbons (Fsp3) is 0.154. The molecule has 0 saturated carbocycles. The zero-order chi connectivity index (χ0) is 13.0. The number of carbonyl (C=O) groups excluding carboxylic acids is 1. The number of rotatable bonds is 4. The maximum atomic E-state index is 11.0. The minimum Gasteiger partial charge on any atom is -0.355 e. The highest BCUT2D eigenvalue weighted by atomic mass is 35.5. The van der Waals surface area contributed by atoms with Gasteiger partial charge in [-0.05, 0) is 5.56 Å². The second kappa shape index (κ2) is 5.60. The van der Waals surface area contributed by atoms with Crippen molar-refractivity contribution in [2.24, 2.45) is 0 Å². The van der Waals surface area contributed by atoms with Crippen molar-refractivity contribution in [3.05, 3.63) is 52.9 Å². The van der Waals surface area contributed by atoms with Crippen LogP contribution in [0.1, 0.15) is 15.9 Å². The first-order valence-electron chi connectivity index (χ1n) is 5.43. The van der Waals surface area contributed by atoms with Crippen molar-refractivity contribution in [1.29, 1.82) is 0 Å². The summed E-state index contributed by atoms with van der Waals surface area (Å²) in [6.45, 7) is 0.648. The van der Waals surface area contributed by atoms with E-state index < -0.39 is 0 Å². The number of carbonyl (C=O) groups is 1. The van der Waals surface area contributed by atoms with Gasteiger partial charge in [-0.1, -0.05) is 41.9 Å². The van der Waals surface area contributed by atoms with E-state index in [9.17, 15) is 4.79 Å². The highest BCUT2D eigenvalue weighted by Gasteiger charge is 2.13. The van der Waals surface area contributed by atoms with Gasteiger partial charge in [0, 0.05) is 13.6 Å². The summed E-state index contributed by atoms with van der Waals surface area (Å²) in [4.78, 5) is 20.8. The molecule has 2 aromatic rings. The first kappa shape index (κ1) is 12.5. The van der Waals surface area contributed by atoms with Crippen molar-refractivity contribution in [1.82, 2.24) is 9.97 Å². The highest BCUT2D eigenvalue weighted by Crippen LogP contribution is 2.21. The molecule has 0 aliphatic rings. The van der Waals surface area contributed by atoms with Gasteiger partial charge in [-0.25, -0.2) is 9.97 Å². The van der Waals surface area contributed by atoms with Crippen LogP contribution in [-0.2, 0) is 6.54 Å². The molecule has 0 bridgehead atoms. The van der Waals surface area contributed by atoms with E-state index in [1.807, 2.05) is 42.3 Å². The Morgan fingerprint density at radius 1 is 1.28 bits per heavy atom. The molecule has 0 saturated heterocycles. The normalized spacial score (nSPS) is 10.1. The third-order valence-electron chi connectivity index (χ3n) is 2.56. The maximum absolute atomic E-state index is 11.0. The third-order valence-corrected chi connectivity index (χ3v) is 2.86. The molecule has 0 N–H and O–H groups in total.